The molecule has 1 saturated heterocycles. The Balaban J connectivity index is 1.52. The van der Waals surface area contributed by atoms with Crippen LogP contribution in [0.25, 0.3) is 11.3 Å². The van der Waals surface area contributed by atoms with Crippen LogP contribution in [0.15, 0.2) is 55.0 Å². The van der Waals surface area contributed by atoms with Crippen LogP contribution in [0.2, 0.25) is 0 Å². The van der Waals surface area contributed by atoms with Gasteiger partial charge in [0.05, 0.1) is 11.3 Å². The first kappa shape index (κ1) is 21.6. The third kappa shape index (κ3) is 4.78. The molecule has 6 nitrogen and oxygen atoms in total. The molecule has 2 fully saturated rings. The Kier molecular flexibility index (Phi) is 6.13. The Morgan fingerprint density at radius 3 is 2.52 bits per heavy atom. The number of likely N-dealkylation sites (N-methyl/N-ethyl adjacent to an activating group) is 1. The lowest BCUT2D eigenvalue weighted by molar-refractivity contribution is 0.0903. The fourth-order valence-electron chi connectivity index (χ4n) is 4.51. The molecular weight excluding hydrogens is 417 g/mol. The fourth-order valence-corrected chi connectivity index (χ4v) is 4.51. The largest absolute Gasteiger partial charge is 0.338 e. The highest BCUT2D eigenvalue weighted by atomic mass is 19.1. The first-order valence-electron chi connectivity index (χ1n) is 11.6. The van der Waals surface area contributed by atoms with E-state index in [1.165, 1.54) is 6.07 Å². The lowest BCUT2D eigenvalue weighted by atomic mass is 9.86. The predicted molar refractivity (Wildman–Crippen MR) is 126 cm³/mol. The number of piperazine rings is 1. The Bertz CT molecular complexity index is 1130. The van der Waals surface area contributed by atoms with E-state index >= 15 is 0 Å². The van der Waals surface area contributed by atoms with E-state index in [0.29, 0.717) is 35.1 Å². The number of anilines is 1. The van der Waals surface area contributed by atoms with Crippen molar-refractivity contribution in [1.29, 1.82) is 0 Å². The monoisotopic (exact) mass is 445 g/mol. The van der Waals surface area contributed by atoms with E-state index in [0.717, 1.165) is 44.6 Å². The van der Waals surface area contributed by atoms with Gasteiger partial charge in [0.2, 0.25) is 5.95 Å². The molecule has 0 spiro atoms. The number of halogens is 1. The van der Waals surface area contributed by atoms with E-state index in [4.69, 9.17) is 4.98 Å². The highest BCUT2D eigenvalue weighted by Gasteiger charge is 2.38. The topological polar surface area (TPSA) is 62.2 Å². The summed E-state index contributed by atoms with van der Waals surface area (Å²) in [4.78, 5) is 31.6. The van der Waals surface area contributed by atoms with Gasteiger partial charge in [-0.25, -0.2) is 14.4 Å². The van der Waals surface area contributed by atoms with E-state index in [1.807, 2.05) is 12.1 Å². The number of carbonyl (C=O) groups excluding carboxylic acids is 1. The van der Waals surface area contributed by atoms with Gasteiger partial charge >= 0.3 is 0 Å². The molecule has 7 heteroatoms. The zero-order valence-electron chi connectivity index (χ0n) is 18.8. The average molecular weight is 446 g/mol. The molecule has 1 saturated carbocycles. The van der Waals surface area contributed by atoms with E-state index in [9.17, 15) is 9.18 Å². The van der Waals surface area contributed by atoms with Gasteiger partial charge in [-0.15, -0.1) is 0 Å². The highest BCUT2D eigenvalue weighted by molar-refractivity contribution is 6.03. The van der Waals surface area contributed by atoms with Crippen molar-refractivity contribution in [3.8, 4) is 11.3 Å². The number of nitrogens with zero attached hydrogens (tertiary/aromatic N) is 5. The summed E-state index contributed by atoms with van der Waals surface area (Å²) in [5.41, 5.74) is 2.22. The number of carbonyl (C=O) groups is 1. The van der Waals surface area contributed by atoms with Crippen molar-refractivity contribution in [3.05, 3.63) is 71.9 Å². The number of aromatic nitrogens is 3. The molecule has 170 valence electrons. The van der Waals surface area contributed by atoms with Gasteiger partial charge in [0.1, 0.15) is 5.82 Å². The van der Waals surface area contributed by atoms with Gasteiger partial charge < -0.3 is 9.80 Å². The Morgan fingerprint density at radius 1 is 1.09 bits per heavy atom. The molecule has 33 heavy (non-hydrogen) atoms. The summed E-state index contributed by atoms with van der Waals surface area (Å²) in [5, 5.41) is 0. The molecule has 1 aliphatic heterocycles. The van der Waals surface area contributed by atoms with Crippen molar-refractivity contribution in [2.45, 2.75) is 19.3 Å². The second kappa shape index (κ2) is 9.35. The molecular formula is C26H28FN5O. The zero-order chi connectivity index (χ0) is 22.8. The maximum Gasteiger partial charge on any atom is 0.225 e. The minimum absolute atomic E-state index is 0.00232. The molecule has 0 radical (unpaired) electrons. The second-order valence-electron chi connectivity index (χ2n) is 9.07. The summed E-state index contributed by atoms with van der Waals surface area (Å²) in [6, 6.07) is 10.4. The van der Waals surface area contributed by atoms with Crippen molar-refractivity contribution < 1.29 is 9.18 Å². The number of hydrogen-bond donors (Lipinski definition) is 0. The maximum atomic E-state index is 14.9. The smallest absolute Gasteiger partial charge is 0.225 e. The van der Waals surface area contributed by atoms with Gasteiger partial charge in [-0.05, 0) is 62.1 Å². The SMILES string of the molecule is CN1CCN(c2ncc(C(=O)C(Cc3ccncc3)C3CC3)c(-c3ccccc3F)n2)CC1. The molecule has 3 aromatic rings. The Labute approximate surface area is 193 Å². The van der Waals surface area contributed by atoms with Gasteiger partial charge in [-0.1, -0.05) is 12.1 Å². The predicted octanol–water partition coefficient (Wildman–Crippen LogP) is 3.88. The minimum atomic E-state index is -0.383. The standard InChI is InChI=1S/C26H28FN5O/c1-31-12-14-32(15-13-31)26-29-17-22(24(30-26)20-4-2-3-5-23(20)27)25(33)21(19-6-7-19)16-18-8-10-28-11-9-18/h2-5,8-11,17,19,21H,6-7,12-16H2,1H3. The lowest BCUT2D eigenvalue weighted by Crippen LogP contribution is -2.45. The average Bonchev–Trinajstić information content (AvgIpc) is 3.69. The van der Waals surface area contributed by atoms with E-state index in [-0.39, 0.29) is 17.5 Å². The normalized spacial score (nSPS) is 17.7. The van der Waals surface area contributed by atoms with Crippen LogP contribution in [0.1, 0.15) is 28.8 Å². The third-order valence-corrected chi connectivity index (χ3v) is 6.69. The Morgan fingerprint density at radius 2 is 1.82 bits per heavy atom. The van der Waals surface area contributed by atoms with E-state index in [1.54, 1.807) is 36.8 Å². The molecule has 5 rings (SSSR count). The van der Waals surface area contributed by atoms with Crippen LogP contribution in [0.3, 0.4) is 0 Å². The summed E-state index contributed by atoms with van der Waals surface area (Å²) in [6.45, 7) is 3.42. The number of benzene rings is 1. The molecule has 0 N–H and O–H groups in total. The number of hydrogen-bond acceptors (Lipinski definition) is 6. The van der Waals surface area contributed by atoms with Crippen LogP contribution in [-0.2, 0) is 6.42 Å². The quantitative estimate of drug-likeness (QED) is 0.515. The molecule has 0 amide bonds. The number of rotatable bonds is 7. The summed E-state index contributed by atoms with van der Waals surface area (Å²) < 4.78 is 14.9. The summed E-state index contributed by atoms with van der Waals surface area (Å²) in [7, 11) is 2.09. The summed E-state index contributed by atoms with van der Waals surface area (Å²) in [6.07, 6.45) is 7.84. The minimum Gasteiger partial charge on any atom is -0.338 e. The summed E-state index contributed by atoms with van der Waals surface area (Å²) in [5.74, 6) is 0.339. The number of Topliss-reactive ketones (excluding diaryl/α,β-unsaturated/α-hetero) is 1. The molecule has 1 atom stereocenters. The second-order valence-corrected chi connectivity index (χ2v) is 9.07. The first-order chi connectivity index (χ1) is 16.1. The lowest BCUT2D eigenvalue weighted by Gasteiger charge is -2.32. The van der Waals surface area contributed by atoms with Gasteiger partial charge in [-0.2, -0.15) is 0 Å². The van der Waals surface area contributed by atoms with Crippen molar-refractivity contribution in [2.75, 3.05) is 38.1 Å². The van der Waals surface area contributed by atoms with Crippen molar-refractivity contribution in [2.24, 2.45) is 11.8 Å². The number of ketones is 1. The van der Waals surface area contributed by atoms with Crippen LogP contribution in [0.4, 0.5) is 10.3 Å². The first-order valence-corrected chi connectivity index (χ1v) is 11.6. The maximum absolute atomic E-state index is 14.9. The van der Waals surface area contributed by atoms with Gasteiger partial charge in [0.15, 0.2) is 5.78 Å². The zero-order valence-corrected chi connectivity index (χ0v) is 18.8. The van der Waals surface area contributed by atoms with Crippen LogP contribution < -0.4 is 4.90 Å². The molecule has 0 bridgehead atoms. The molecule has 2 aromatic heterocycles. The highest BCUT2D eigenvalue weighted by Crippen LogP contribution is 2.41. The molecule has 2 aliphatic rings. The van der Waals surface area contributed by atoms with Crippen LogP contribution in [-0.4, -0.2) is 58.9 Å². The van der Waals surface area contributed by atoms with Gasteiger partial charge in [0, 0.05) is 56.3 Å². The van der Waals surface area contributed by atoms with E-state index < -0.39 is 0 Å². The van der Waals surface area contributed by atoms with Crippen LogP contribution in [0, 0.1) is 17.7 Å². The van der Waals surface area contributed by atoms with Crippen LogP contribution >= 0.6 is 0 Å². The molecule has 3 heterocycles. The van der Waals surface area contributed by atoms with E-state index in [2.05, 4.69) is 26.8 Å². The van der Waals surface area contributed by atoms with Crippen LogP contribution in [0.5, 0.6) is 0 Å². The molecule has 1 aliphatic carbocycles. The van der Waals surface area contributed by atoms with Crippen molar-refractivity contribution in [1.82, 2.24) is 19.9 Å². The van der Waals surface area contributed by atoms with Crippen molar-refractivity contribution >= 4 is 11.7 Å². The third-order valence-electron chi connectivity index (χ3n) is 6.69. The fraction of sp³-hybridized carbons (Fsp3) is 0.385. The Hall–Kier alpha value is -3.19. The molecule has 1 aromatic carbocycles. The van der Waals surface area contributed by atoms with Gasteiger partial charge in [0.25, 0.3) is 0 Å². The summed E-state index contributed by atoms with van der Waals surface area (Å²) >= 11 is 0. The van der Waals surface area contributed by atoms with Gasteiger partial charge in [-0.3, -0.25) is 9.78 Å². The molecule has 1 unspecified atom stereocenters. The van der Waals surface area contributed by atoms with Crippen molar-refractivity contribution in [3.63, 3.8) is 0 Å². The number of pyridine rings is 1.